The fourth-order valence-electron chi connectivity index (χ4n) is 10.5. The first-order chi connectivity index (χ1) is 38.0. The summed E-state index contributed by atoms with van der Waals surface area (Å²) in [5.41, 5.74) is 9.67. The molecule has 0 bridgehead atoms. The number of fused-ring (bicyclic) bond motifs is 4. The summed E-state index contributed by atoms with van der Waals surface area (Å²) in [7, 11) is 2.01. The van der Waals surface area contributed by atoms with Crippen molar-refractivity contribution in [3.8, 4) is 5.75 Å². The average Bonchev–Trinajstić information content (AvgIpc) is 4.36. The number of halogens is 1. The number of ether oxygens (including phenoxy) is 1. The number of piperazine rings is 1. The highest BCUT2D eigenvalue weighted by atomic mass is 35.5. The standard InChI is InChI=1S/C59H68ClN9O10/c1-36(2)42(11-6-22-62-52(72)13-8-24-68-53(73)20-21-54(68)74)56(75)65-46(12-7-23-63-58(61)77)50(71)30-37-14-17-39(18-15-37)49(70)31-38-16-19-45-40(29-38)32-47(64-45)57(76)69-35-41(34-60)55-44-10-5-4-9-43(44)51(33-48(55)69)79-59(78)67-27-25-66(3)26-28-67/h4-5,9-10,14-21,29,32-33,36,41-42,46,64H,6-8,11-13,22-28,30-31,34-35H2,1-3H3,(H,62,72)(H,65,75)(H3,61,63,77)/t41-,42+,46+/m1/s1. The SMILES string of the molecule is CC(C)[C@H](CCCNC(=O)CCCN1C(=O)C=CC1=O)C(=O)N[C@@H](CCCNC(N)=O)C(=O)Cc1ccc(C(=O)Cc2ccc3[nH]c(C(=O)N4C[C@@H](CCl)c5c4cc(OC(=O)N4CCN(C)CC4)c4ccccc54)cc3c2)cc1. The van der Waals surface area contributed by atoms with Gasteiger partial charge < -0.3 is 46.1 Å². The molecule has 416 valence electrons. The molecular formula is C59H68ClN9O10. The highest BCUT2D eigenvalue weighted by Crippen LogP contribution is 2.46. The molecule has 6 N–H and O–H groups in total. The third kappa shape index (κ3) is 14.2. The number of benzene rings is 4. The highest BCUT2D eigenvalue weighted by Gasteiger charge is 2.37. The number of H-pyrrole nitrogens is 1. The number of anilines is 1. The Balaban J connectivity index is 0.871. The van der Waals surface area contributed by atoms with Gasteiger partial charge in [-0.05, 0) is 85.3 Å². The van der Waals surface area contributed by atoms with Gasteiger partial charge in [-0.2, -0.15) is 0 Å². The summed E-state index contributed by atoms with van der Waals surface area (Å²) in [5.74, 6) is -2.09. The van der Waals surface area contributed by atoms with Gasteiger partial charge in [-0.25, -0.2) is 9.59 Å². The second kappa shape index (κ2) is 26.2. The minimum Gasteiger partial charge on any atom is -0.409 e. The van der Waals surface area contributed by atoms with Crippen molar-refractivity contribution in [1.82, 2.24) is 35.6 Å². The minimum absolute atomic E-state index is 0.0273. The van der Waals surface area contributed by atoms with Gasteiger partial charge in [0.1, 0.15) is 11.4 Å². The van der Waals surface area contributed by atoms with E-state index in [1.165, 1.54) is 12.2 Å². The Bertz CT molecular complexity index is 3150. The quantitative estimate of drug-likeness (QED) is 0.0196. The summed E-state index contributed by atoms with van der Waals surface area (Å²) in [4.78, 5) is 126. The number of likely N-dealkylation sites (N-methyl/N-ethyl adjacent to an activating group) is 1. The van der Waals surface area contributed by atoms with E-state index in [0.717, 1.165) is 45.3 Å². The fourth-order valence-corrected chi connectivity index (χ4v) is 10.8. The van der Waals surface area contributed by atoms with E-state index in [-0.39, 0.29) is 85.8 Å². The predicted molar refractivity (Wildman–Crippen MR) is 300 cm³/mol. The van der Waals surface area contributed by atoms with Crippen molar-refractivity contribution in [1.29, 1.82) is 0 Å². The van der Waals surface area contributed by atoms with Gasteiger partial charge in [0.15, 0.2) is 11.6 Å². The van der Waals surface area contributed by atoms with Crippen molar-refractivity contribution in [3.05, 3.63) is 119 Å². The van der Waals surface area contributed by atoms with Crippen LogP contribution in [0.2, 0.25) is 0 Å². The molecule has 5 aromatic rings. The first-order valence-electron chi connectivity index (χ1n) is 27.0. The molecule has 20 heteroatoms. The maximum atomic E-state index is 14.5. The lowest BCUT2D eigenvalue weighted by Gasteiger charge is -2.31. The van der Waals surface area contributed by atoms with E-state index in [4.69, 9.17) is 22.1 Å². The average molecular weight is 1100 g/mol. The third-order valence-corrected chi connectivity index (χ3v) is 15.3. The summed E-state index contributed by atoms with van der Waals surface area (Å²) >= 11 is 6.57. The number of hydrogen-bond donors (Lipinski definition) is 5. The van der Waals surface area contributed by atoms with Gasteiger partial charge in [0.05, 0.1) is 11.7 Å². The number of aromatic nitrogens is 1. The van der Waals surface area contributed by atoms with Crippen LogP contribution in [0.1, 0.15) is 95.8 Å². The Morgan fingerprint density at radius 3 is 2.18 bits per heavy atom. The molecule has 0 radical (unpaired) electrons. The summed E-state index contributed by atoms with van der Waals surface area (Å²) < 4.78 is 6.07. The topological polar surface area (TPSA) is 254 Å². The molecule has 0 spiro atoms. The Morgan fingerprint density at radius 2 is 1.48 bits per heavy atom. The van der Waals surface area contributed by atoms with Crippen molar-refractivity contribution in [3.63, 3.8) is 0 Å². The highest BCUT2D eigenvalue weighted by molar-refractivity contribution is 6.19. The molecular weight excluding hydrogens is 1030 g/mol. The van der Waals surface area contributed by atoms with Crippen LogP contribution in [-0.4, -0.2) is 144 Å². The third-order valence-electron chi connectivity index (χ3n) is 15.0. The summed E-state index contributed by atoms with van der Waals surface area (Å²) in [6.45, 7) is 7.40. The first-order valence-corrected chi connectivity index (χ1v) is 27.5. The van der Waals surface area contributed by atoms with Crippen LogP contribution in [0.5, 0.6) is 5.75 Å². The minimum atomic E-state index is -0.876. The van der Waals surface area contributed by atoms with E-state index >= 15 is 0 Å². The van der Waals surface area contributed by atoms with E-state index in [9.17, 15) is 43.2 Å². The van der Waals surface area contributed by atoms with Crippen LogP contribution in [0.4, 0.5) is 15.3 Å². The van der Waals surface area contributed by atoms with Gasteiger partial charge in [0.25, 0.3) is 17.7 Å². The molecule has 3 aliphatic rings. The van der Waals surface area contributed by atoms with E-state index in [2.05, 4.69) is 25.8 Å². The smallest absolute Gasteiger partial charge is 0.409 e. The summed E-state index contributed by atoms with van der Waals surface area (Å²) in [5, 5.41) is 10.7. The van der Waals surface area contributed by atoms with Crippen molar-refractivity contribution < 1.29 is 47.9 Å². The number of carbonyl (C=O) groups is 9. The Morgan fingerprint density at radius 1 is 0.797 bits per heavy atom. The molecule has 1 aromatic heterocycles. The molecule has 19 nitrogen and oxygen atoms in total. The van der Waals surface area contributed by atoms with Crippen LogP contribution in [0.15, 0.2) is 91.0 Å². The summed E-state index contributed by atoms with van der Waals surface area (Å²) in [6, 6.07) is 22.0. The van der Waals surface area contributed by atoms with E-state index in [0.29, 0.717) is 85.6 Å². The van der Waals surface area contributed by atoms with Gasteiger partial charge >= 0.3 is 12.1 Å². The van der Waals surface area contributed by atoms with Crippen molar-refractivity contribution in [2.45, 2.75) is 77.2 Å². The number of nitrogens with zero attached hydrogens (tertiary/aromatic N) is 4. The van der Waals surface area contributed by atoms with E-state index in [1.54, 1.807) is 46.2 Å². The van der Waals surface area contributed by atoms with Gasteiger partial charge in [-0.15, -0.1) is 11.6 Å². The number of urea groups is 1. The lowest BCUT2D eigenvalue weighted by Crippen LogP contribution is -2.48. The molecule has 4 aromatic carbocycles. The van der Waals surface area contributed by atoms with Gasteiger partial charge in [0, 0.05) is 129 Å². The van der Waals surface area contributed by atoms with Crippen LogP contribution < -0.4 is 31.3 Å². The number of carbonyl (C=O) groups excluding carboxylic acids is 9. The number of amides is 8. The van der Waals surface area contributed by atoms with Crippen LogP contribution >= 0.6 is 11.6 Å². The molecule has 1 saturated heterocycles. The number of primary amides is 1. The predicted octanol–water partition coefficient (Wildman–Crippen LogP) is 6.39. The second-order valence-electron chi connectivity index (χ2n) is 20.9. The van der Waals surface area contributed by atoms with Crippen LogP contribution in [0.25, 0.3) is 21.7 Å². The number of nitrogens with one attached hydrogen (secondary N) is 4. The van der Waals surface area contributed by atoms with Gasteiger partial charge in [-0.3, -0.25) is 38.5 Å². The lowest BCUT2D eigenvalue weighted by atomic mass is 9.89. The maximum absolute atomic E-state index is 14.5. The normalized spacial score (nSPS) is 16.1. The molecule has 0 saturated carbocycles. The summed E-state index contributed by atoms with van der Waals surface area (Å²) in [6.07, 6.45) is 4.00. The molecule has 0 unspecified atom stereocenters. The van der Waals surface area contributed by atoms with Crippen LogP contribution in [0.3, 0.4) is 0 Å². The molecule has 0 aliphatic carbocycles. The largest absolute Gasteiger partial charge is 0.415 e. The number of Topliss-reactive ketones (excluding diaryl/α,β-unsaturated/α-hetero) is 2. The van der Waals surface area contributed by atoms with E-state index < -0.39 is 35.9 Å². The Hall–Kier alpha value is -7.90. The molecule has 3 atom stereocenters. The van der Waals surface area contributed by atoms with Crippen LogP contribution in [0, 0.1) is 11.8 Å². The first kappa shape index (κ1) is 57.3. The van der Waals surface area contributed by atoms with Gasteiger partial charge in [-0.1, -0.05) is 68.4 Å². The number of aromatic amines is 1. The zero-order valence-corrected chi connectivity index (χ0v) is 45.6. The number of rotatable bonds is 24. The second-order valence-corrected chi connectivity index (χ2v) is 21.2. The van der Waals surface area contributed by atoms with E-state index in [1.807, 2.05) is 63.4 Å². The van der Waals surface area contributed by atoms with Gasteiger partial charge in [0.2, 0.25) is 11.8 Å². The fraction of sp³-hybridized carbons (Fsp3) is 0.407. The number of ketones is 2. The Kier molecular flexibility index (Phi) is 19.0. The molecule has 8 amide bonds. The molecule has 3 aliphatic heterocycles. The van der Waals surface area contributed by atoms with Crippen molar-refractivity contribution in [2.24, 2.45) is 17.6 Å². The van der Waals surface area contributed by atoms with Crippen molar-refractivity contribution >= 4 is 92.2 Å². The maximum Gasteiger partial charge on any atom is 0.415 e. The number of alkyl halides is 1. The van der Waals surface area contributed by atoms with Crippen LogP contribution in [-0.2, 0) is 36.8 Å². The zero-order valence-electron chi connectivity index (χ0n) is 44.8. The number of nitrogens with two attached hydrogens (primary N) is 1. The number of hydrogen-bond acceptors (Lipinski definition) is 11. The Labute approximate surface area is 463 Å². The molecule has 4 heterocycles. The lowest BCUT2D eigenvalue weighted by molar-refractivity contribution is -0.137. The zero-order chi connectivity index (χ0) is 56.3. The molecule has 79 heavy (non-hydrogen) atoms. The van der Waals surface area contributed by atoms with Crippen molar-refractivity contribution in [2.75, 3.05) is 70.2 Å². The molecule has 1 fully saturated rings. The monoisotopic (exact) mass is 1100 g/mol. The number of imide groups is 1. The molecule has 8 rings (SSSR count).